The smallest absolute Gasteiger partial charge is 0.227 e. The zero-order chi connectivity index (χ0) is 18.3. The van der Waals surface area contributed by atoms with Crippen molar-refractivity contribution in [2.45, 2.75) is 41.5 Å². The minimum absolute atomic E-state index is 0.956. The largest absolute Gasteiger partial charge is 0.254 e. The van der Waals surface area contributed by atoms with E-state index in [0.717, 1.165) is 18.7 Å². The van der Waals surface area contributed by atoms with Crippen molar-refractivity contribution in [2.24, 2.45) is 0 Å². The van der Waals surface area contributed by atoms with E-state index < -0.39 is 0 Å². The molecule has 2 nitrogen and oxygen atoms in total. The van der Waals surface area contributed by atoms with E-state index in [1.165, 1.54) is 45.0 Å². The highest BCUT2D eigenvalue weighted by atomic mass is 15.3. The Hall–Kier alpha value is -2.53. The molecular formula is C23H27N2+. The molecule has 3 rings (SSSR count). The first-order valence-corrected chi connectivity index (χ1v) is 8.87. The minimum Gasteiger partial charge on any atom is -0.227 e. The molecule has 0 radical (unpaired) electrons. The summed E-state index contributed by atoms with van der Waals surface area (Å²) < 4.78 is 2.46. The summed E-state index contributed by atoms with van der Waals surface area (Å²) in [6.45, 7) is 15.1. The molecule has 2 aromatic rings. The summed E-state index contributed by atoms with van der Waals surface area (Å²) in [7, 11) is 0. The molecular weight excluding hydrogens is 304 g/mol. The van der Waals surface area contributed by atoms with Crippen molar-refractivity contribution in [3.8, 4) is 12.3 Å². The maximum Gasteiger partial charge on any atom is 0.254 e. The van der Waals surface area contributed by atoms with Gasteiger partial charge in [0.05, 0.1) is 0 Å². The van der Waals surface area contributed by atoms with Crippen LogP contribution in [-0.4, -0.2) is 23.5 Å². The lowest BCUT2D eigenvalue weighted by Crippen LogP contribution is -2.27. The first-order chi connectivity index (χ1) is 11.8. The van der Waals surface area contributed by atoms with E-state index in [1.54, 1.807) is 0 Å². The van der Waals surface area contributed by atoms with Crippen LogP contribution in [-0.2, 0) is 0 Å². The number of rotatable bonds is 2. The molecule has 0 N–H and O–H groups in total. The Labute approximate surface area is 151 Å². The molecule has 1 aliphatic rings. The summed E-state index contributed by atoms with van der Waals surface area (Å²) in [6, 6.07) is 8.77. The summed E-state index contributed by atoms with van der Waals surface area (Å²) in [5.41, 5.74) is 10.1. The van der Waals surface area contributed by atoms with Gasteiger partial charge < -0.3 is 0 Å². The monoisotopic (exact) mass is 331 g/mol. The van der Waals surface area contributed by atoms with Gasteiger partial charge in [0.25, 0.3) is 5.84 Å². The molecule has 0 saturated carbocycles. The number of nitrogens with zero attached hydrogens (tertiary/aromatic N) is 2. The van der Waals surface area contributed by atoms with Gasteiger partial charge in [0.1, 0.15) is 24.5 Å². The third-order valence-electron chi connectivity index (χ3n) is 5.16. The number of terminal acetylenes is 1. The van der Waals surface area contributed by atoms with Crippen LogP contribution in [0.5, 0.6) is 0 Å². The lowest BCUT2D eigenvalue weighted by Gasteiger charge is -2.17. The lowest BCUT2D eigenvalue weighted by atomic mass is 10.0. The van der Waals surface area contributed by atoms with Gasteiger partial charge in [-0.3, -0.25) is 0 Å². The fourth-order valence-electron chi connectivity index (χ4n) is 4.28. The molecule has 1 heterocycles. The predicted octanol–water partition coefficient (Wildman–Crippen LogP) is 4.79. The SMILES string of the molecule is C#Cc1cc(C)c(N2CC[N+](c3c(C)cc(C)cc3C)=C2C)c(C)c1. The molecule has 2 aromatic carbocycles. The fraction of sp³-hybridized carbons (Fsp3) is 0.348. The number of benzene rings is 2. The number of aryl methyl sites for hydroxylation is 5. The Bertz CT molecular complexity index is 880. The standard InChI is InChI=1S/C23H27N2/c1-8-21-13-18(5)23(19(6)14-21)25-10-9-24(20(25)7)22-16(3)11-15(2)12-17(22)4/h1,11-14H,9-10H2,2-7H3/q+1. The first kappa shape index (κ1) is 17.3. The van der Waals surface area contributed by atoms with Crippen LogP contribution in [0.1, 0.15) is 40.3 Å². The molecule has 0 bridgehead atoms. The third kappa shape index (κ3) is 2.96. The van der Waals surface area contributed by atoms with Gasteiger partial charge in [0.2, 0.25) is 0 Å². The van der Waals surface area contributed by atoms with Crippen molar-refractivity contribution in [1.29, 1.82) is 0 Å². The van der Waals surface area contributed by atoms with Crippen LogP contribution in [0.3, 0.4) is 0 Å². The Morgan fingerprint density at radius 3 is 1.96 bits per heavy atom. The molecule has 1 aliphatic heterocycles. The minimum atomic E-state index is 0.956. The number of hydrogen-bond acceptors (Lipinski definition) is 1. The van der Waals surface area contributed by atoms with E-state index in [-0.39, 0.29) is 0 Å². The van der Waals surface area contributed by atoms with Gasteiger partial charge in [-0.05, 0) is 69.0 Å². The molecule has 0 saturated heterocycles. The number of anilines is 1. The molecule has 0 fully saturated rings. The Morgan fingerprint density at radius 2 is 1.44 bits per heavy atom. The van der Waals surface area contributed by atoms with Gasteiger partial charge in [-0.15, -0.1) is 6.42 Å². The fourth-order valence-corrected chi connectivity index (χ4v) is 4.28. The summed E-state index contributed by atoms with van der Waals surface area (Å²) in [4.78, 5) is 2.43. The molecule has 2 heteroatoms. The second kappa shape index (κ2) is 6.41. The highest BCUT2D eigenvalue weighted by molar-refractivity contribution is 5.96. The quantitative estimate of drug-likeness (QED) is 0.566. The third-order valence-corrected chi connectivity index (χ3v) is 5.16. The van der Waals surface area contributed by atoms with Crippen molar-refractivity contribution < 1.29 is 4.58 Å². The van der Waals surface area contributed by atoms with Crippen LogP contribution in [0.4, 0.5) is 11.4 Å². The van der Waals surface area contributed by atoms with Gasteiger partial charge in [-0.2, -0.15) is 0 Å². The maximum absolute atomic E-state index is 5.58. The Kier molecular flexibility index (Phi) is 4.43. The molecule has 0 unspecified atom stereocenters. The van der Waals surface area contributed by atoms with Crippen LogP contribution in [0.2, 0.25) is 0 Å². The van der Waals surface area contributed by atoms with E-state index in [1.807, 2.05) is 0 Å². The predicted molar refractivity (Wildman–Crippen MR) is 107 cm³/mol. The van der Waals surface area contributed by atoms with Crippen molar-refractivity contribution in [3.05, 3.63) is 57.6 Å². The van der Waals surface area contributed by atoms with E-state index >= 15 is 0 Å². The topological polar surface area (TPSA) is 6.25 Å². The summed E-state index contributed by atoms with van der Waals surface area (Å²) in [6.07, 6.45) is 5.58. The van der Waals surface area contributed by atoms with Crippen LogP contribution in [0.15, 0.2) is 24.3 Å². The van der Waals surface area contributed by atoms with Gasteiger partial charge in [-0.25, -0.2) is 9.48 Å². The van der Waals surface area contributed by atoms with Gasteiger partial charge in [0, 0.05) is 12.5 Å². The Balaban J connectivity index is 2.11. The summed E-state index contributed by atoms with van der Waals surface area (Å²) in [5, 5.41) is 0. The van der Waals surface area contributed by atoms with E-state index in [9.17, 15) is 0 Å². The molecule has 0 amide bonds. The van der Waals surface area contributed by atoms with Crippen molar-refractivity contribution in [1.82, 2.24) is 0 Å². The molecule has 128 valence electrons. The molecule has 0 aromatic heterocycles. The summed E-state index contributed by atoms with van der Waals surface area (Å²) in [5.74, 6) is 4.04. The van der Waals surface area contributed by atoms with E-state index in [0.29, 0.717) is 0 Å². The molecule has 0 spiro atoms. The first-order valence-electron chi connectivity index (χ1n) is 8.87. The zero-order valence-corrected chi connectivity index (χ0v) is 16.2. The second-order valence-corrected chi connectivity index (χ2v) is 7.20. The summed E-state index contributed by atoms with van der Waals surface area (Å²) >= 11 is 0. The van der Waals surface area contributed by atoms with Crippen LogP contribution in [0.25, 0.3) is 0 Å². The Morgan fingerprint density at radius 1 is 0.880 bits per heavy atom. The maximum atomic E-state index is 5.58. The molecule has 0 aliphatic carbocycles. The van der Waals surface area contributed by atoms with E-state index in [4.69, 9.17) is 6.42 Å². The second-order valence-electron chi connectivity index (χ2n) is 7.20. The van der Waals surface area contributed by atoms with E-state index in [2.05, 4.69) is 81.2 Å². The van der Waals surface area contributed by atoms with Crippen molar-refractivity contribution in [2.75, 3.05) is 18.0 Å². The lowest BCUT2D eigenvalue weighted by molar-refractivity contribution is -0.430. The number of amidine groups is 1. The van der Waals surface area contributed by atoms with Gasteiger partial charge in [-0.1, -0.05) is 23.6 Å². The van der Waals surface area contributed by atoms with Crippen molar-refractivity contribution >= 4 is 17.2 Å². The molecule has 25 heavy (non-hydrogen) atoms. The van der Waals surface area contributed by atoms with Crippen LogP contribution >= 0.6 is 0 Å². The zero-order valence-electron chi connectivity index (χ0n) is 16.2. The molecule has 0 atom stereocenters. The average molecular weight is 331 g/mol. The average Bonchev–Trinajstić information content (AvgIpc) is 2.87. The van der Waals surface area contributed by atoms with Gasteiger partial charge in [0.15, 0.2) is 0 Å². The van der Waals surface area contributed by atoms with Crippen LogP contribution < -0.4 is 4.90 Å². The van der Waals surface area contributed by atoms with Crippen LogP contribution in [0, 0.1) is 47.0 Å². The van der Waals surface area contributed by atoms with Gasteiger partial charge >= 0.3 is 0 Å². The number of hydrogen-bond donors (Lipinski definition) is 0. The van der Waals surface area contributed by atoms with Crippen molar-refractivity contribution in [3.63, 3.8) is 0 Å². The normalized spacial score (nSPS) is 14.2. The highest BCUT2D eigenvalue weighted by Crippen LogP contribution is 2.32. The highest BCUT2D eigenvalue weighted by Gasteiger charge is 2.33.